The maximum Gasteiger partial charge on any atom is 0.450 e. The minimum absolute atomic E-state index is 0.0561. The maximum absolute atomic E-state index is 14.1. The highest BCUT2D eigenvalue weighted by Crippen LogP contribution is 2.39. The minimum Gasteiger partial charge on any atom is -0.450 e. The first kappa shape index (κ1) is 23.1. The van der Waals surface area contributed by atoms with Crippen molar-refractivity contribution in [2.45, 2.75) is 6.18 Å². The maximum atomic E-state index is 14.1. The van der Waals surface area contributed by atoms with Crippen LogP contribution in [0.2, 0.25) is 0 Å². The van der Waals surface area contributed by atoms with Crippen LogP contribution in [0.15, 0.2) is 106 Å². The molecule has 0 spiro atoms. The number of hydrogen-bond acceptors (Lipinski definition) is 4. The van der Waals surface area contributed by atoms with Gasteiger partial charge in [0.15, 0.2) is 0 Å². The van der Waals surface area contributed by atoms with Gasteiger partial charge < -0.3 is 9.15 Å². The van der Waals surface area contributed by atoms with Crippen LogP contribution in [0.4, 0.5) is 13.2 Å². The van der Waals surface area contributed by atoms with Crippen LogP contribution in [0.3, 0.4) is 0 Å². The van der Waals surface area contributed by atoms with E-state index in [0.717, 1.165) is 11.6 Å². The molecule has 178 valence electrons. The lowest BCUT2D eigenvalue weighted by molar-refractivity contribution is -0.152. The molecule has 0 saturated heterocycles. The number of rotatable bonds is 4. The van der Waals surface area contributed by atoms with Gasteiger partial charge in [-0.05, 0) is 40.1 Å². The molecule has 0 N–H and O–H groups in total. The van der Waals surface area contributed by atoms with Gasteiger partial charge >= 0.3 is 12.1 Å². The Hall–Kier alpha value is -4.65. The summed E-state index contributed by atoms with van der Waals surface area (Å²) in [5, 5.41) is 1.12. The number of fused-ring (bicyclic) bond motifs is 2. The summed E-state index contributed by atoms with van der Waals surface area (Å²) in [7, 11) is 0. The van der Waals surface area contributed by atoms with Crippen molar-refractivity contribution in [2.75, 3.05) is 0 Å². The Morgan fingerprint density at radius 3 is 2.33 bits per heavy atom. The number of esters is 1. The third-order valence-corrected chi connectivity index (χ3v) is 5.61. The highest BCUT2D eigenvalue weighted by Gasteiger charge is 2.39. The van der Waals surface area contributed by atoms with E-state index in [4.69, 9.17) is 9.15 Å². The number of hydrogen-bond donors (Lipinski definition) is 0. The first-order valence-corrected chi connectivity index (χ1v) is 10.9. The third kappa shape index (κ3) is 4.51. The monoisotopic (exact) mass is 486 g/mol. The molecule has 0 saturated carbocycles. The van der Waals surface area contributed by atoms with E-state index in [1.165, 1.54) is 24.3 Å². The summed E-state index contributed by atoms with van der Waals surface area (Å²) in [6, 6.07) is 24.4. The van der Waals surface area contributed by atoms with Crippen LogP contribution in [-0.4, -0.2) is 5.97 Å². The van der Waals surface area contributed by atoms with Crippen LogP contribution in [0, 0.1) is 0 Å². The van der Waals surface area contributed by atoms with Crippen LogP contribution in [0.1, 0.15) is 11.3 Å². The first-order valence-electron chi connectivity index (χ1n) is 10.9. The number of benzene rings is 4. The Bertz CT molecular complexity index is 1680. The number of halogens is 3. The number of carbonyl (C=O) groups is 1. The summed E-state index contributed by atoms with van der Waals surface area (Å²) < 4.78 is 52.7. The lowest BCUT2D eigenvalue weighted by Crippen LogP contribution is -2.16. The van der Waals surface area contributed by atoms with Crippen molar-refractivity contribution in [1.82, 2.24) is 0 Å². The zero-order valence-electron chi connectivity index (χ0n) is 18.6. The number of ether oxygens (including phenoxy) is 1. The lowest BCUT2D eigenvalue weighted by atomic mass is 9.96. The van der Waals surface area contributed by atoms with Gasteiger partial charge in [0.25, 0.3) is 0 Å². The molecule has 0 atom stereocenters. The molecule has 0 bridgehead atoms. The van der Waals surface area contributed by atoms with Crippen LogP contribution >= 0.6 is 0 Å². The summed E-state index contributed by atoms with van der Waals surface area (Å²) in [5.41, 5.74) is -0.842. The third-order valence-electron chi connectivity index (χ3n) is 5.61. The number of alkyl halides is 3. The van der Waals surface area contributed by atoms with E-state index in [1.807, 2.05) is 6.07 Å². The van der Waals surface area contributed by atoms with Crippen LogP contribution < -0.4 is 10.2 Å². The second-order valence-corrected chi connectivity index (χ2v) is 7.98. The molecule has 0 aliphatic heterocycles. The zero-order valence-corrected chi connectivity index (χ0v) is 18.6. The molecular formula is C29H17F3O4. The minimum atomic E-state index is -4.94. The fraction of sp³-hybridized carbons (Fsp3) is 0.0345. The molecule has 1 heterocycles. The van der Waals surface area contributed by atoms with E-state index in [2.05, 4.69) is 0 Å². The molecule has 0 radical (unpaired) electrons. The topological polar surface area (TPSA) is 56.5 Å². The molecular weight excluding hydrogens is 469 g/mol. The average molecular weight is 486 g/mol. The van der Waals surface area contributed by atoms with Gasteiger partial charge in [-0.2, -0.15) is 13.2 Å². The summed E-state index contributed by atoms with van der Waals surface area (Å²) in [6.45, 7) is 0. The van der Waals surface area contributed by atoms with Crippen molar-refractivity contribution in [1.29, 1.82) is 0 Å². The standard InChI is InChI=1S/C29H17F3O4/c30-29(31,32)28-26(22-12-6-10-19-9-4-5-11-21(19)22)27(34)23-15-14-20(17-24(23)36-28)35-25(33)16-13-18-7-2-1-3-8-18/h1-17H. The van der Waals surface area contributed by atoms with Crippen LogP contribution in [0.25, 0.3) is 38.9 Å². The van der Waals surface area contributed by atoms with E-state index in [0.29, 0.717) is 10.8 Å². The van der Waals surface area contributed by atoms with Gasteiger partial charge in [0.1, 0.15) is 11.3 Å². The van der Waals surface area contributed by atoms with E-state index in [-0.39, 0.29) is 22.3 Å². The van der Waals surface area contributed by atoms with E-state index in [1.54, 1.807) is 66.7 Å². The molecule has 5 aromatic rings. The van der Waals surface area contributed by atoms with Crippen molar-refractivity contribution in [2.24, 2.45) is 0 Å². The molecule has 4 nitrogen and oxygen atoms in total. The number of carbonyl (C=O) groups excluding carboxylic acids is 1. The Morgan fingerprint density at radius 1 is 0.833 bits per heavy atom. The van der Waals surface area contributed by atoms with Crippen molar-refractivity contribution in [3.05, 3.63) is 119 Å². The van der Waals surface area contributed by atoms with Crippen molar-refractivity contribution >= 4 is 33.8 Å². The summed E-state index contributed by atoms with van der Waals surface area (Å²) >= 11 is 0. The van der Waals surface area contributed by atoms with Crippen molar-refractivity contribution < 1.29 is 27.1 Å². The van der Waals surface area contributed by atoms with Gasteiger partial charge in [-0.1, -0.05) is 72.8 Å². The highest BCUT2D eigenvalue weighted by molar-refractivity contribution is 5.99. The van der Waals surface area contributed by atoms with E-state index < -0.39 is 28.9 Å². The molecule has 0 aliphatic rings. The molecule has 0 fully saturated rings. The average Bonchev–Trinajstić information content (AvgIpc) is 2.87. The van der Waals surface area contributed by atoms with Gasteiger partial charge in [-0.15, -0.1) is 0 Å². The van der Waals surface area contributed by atoms with E-state index >= 15 is 0 Å². The molecule has 7 heteroatoms. The van der Waals surface area contributed by atoms with Crippen LogP contribution in [0.5, 0.6) is 5.75 Å². The summed E-state index contributed by atoms with van der Waals surface area (Å²) in [5.74, 6) is -2.20. The summed E-state index contributed by atoms with van der Waals surface area (Å²) in [6.07, 6.45) is -2.20. The Morgan fingerprint density at radius 2 is 1.56 bits per heavy atom. The quantitative estimate of drug-likeness (QED) is 0.153. The largest absolute Gasteiger partial charge is 0.450 e. The Balaban J connectivity index is 1.59. The highest BCUT2D eigenvalue weighted by atomic mass is 19.4. The molecule has 0 amide bonds. The molecule has 4 aromatic carbocycles. The van der Waals surface area contributed by atoms with Gasteiger partial charge in [-0.3, -0.25) is 4.79 Å². The van der Waals surface area contributed by atoms with Crippen LogP contribution in [-0.2, 0) is 11.0 Å². The second-order valence-electron chi connectivity index (χ2n) is 7.98. The normalized spacial score (nSPS) is 11.9. The predicted molar refractivity (Wildman–Crippen MR) is 132 cm³/mol. The smallest absolute Gasteiger partial charge is 0.450 e. The SMILES string of the molecule is O=C(C=Cc1ccccc1)Oc1ccc2c(=O)c(-c3cccc4ccccc34)c(C(F)(F)F)oc2c1. The second kappa shape index (κ2) is 9.19. The van der Waals surface area contributed by atoms with Gasteiger partial charge in [0.2, 0.25) is 11.2 Å². The Labute approximate surface area is 202 Å². The van der Waals surface area contributed by atoms with Gasteiger partial charge in [0.05, 0.1) is 10.9 Å². The molecule has 1 aromatic heterocycles. The van der Waals surface area contributed by atoms with E-state index in [9.17, 15) is 22.8 Å². The predicted octanol–water partition coefficient (Wildman–Crippen LogP) is 7.25. The Kier molecular flexibility index (Phi) is 5.90. The van der Waals surface area contributed by atoms with Gasteiger partial charge in [0, 0.05) is 12.1 Å². The summed E-state index contributed by atoms with van der Waals surface area (Å²) in [4.78, 5) is 25.6. The first-order chi connectivity index (χ1) is 17.3. The zero-order chi connectivity index (χ0) is 25.3. The molecule has 0 aliphatic carbocycles. The van der Waals surface area contributed by atoms with Crippen molar-refractivity contribution in [3.63, 3.8) is 0 Å². The van der Waals surface area contributed by atoms with Crippen molar-refractivity contribution in [3.8, 4) is 16.9 Å². The van der Waals surface area contributed by atoms with Gasteiger partial charge in [-0.25, -0.2) is 4.79 Å². The lowest BCUT2D eigenvalue weighted by Gasteiger charge is -2.14. The fourth-order valence-corrected chi connectivity index (χ4v) is 4.00. The molecule has 5 rings (SSSR count). The molecule has 36 heavy (non-hydrogen) atoms. The molecule has 0 unspecified atom stereocenters. The fourth-order valence-electron chi connectivity index (χ4n) is 4.00.